The van der Waals surface area contributed by atoms with E-state index in [4.69, 9.17) is 0 Å². The third-order valence-electron chi connectivity index (χ3n) is 5.44. The first-order chi connectivity index (χ1) is 12.2. The molecule has 124 valence electrons. The van der Waals surface area contributed by atoms with Gasteiger partial charge in [0.15, 0.2) is 0 Å². The van der Waals surface area contributed by atoms with E-state index in [9.17, 15) is 9.18 Å². The molecule has 5 rings (SSSR count). The number of Topliss-reactive ketones (excluding diaryl/α,β-unsaturated/α-hetero) is 1. The molecule has 0 spiro atoms. The molecule has 2 aromatic carbocycles. The van der Waals surface area contributed by atoms with Crippen molar-refractivity contribution >= 4 is 11.5 Å². The fraction of sp³-hybridized carbons (Fsp3) is 0.190. The molecule has 0 amide bonds. The number of ketones is 1. The Kier molecular flexibility index (Phi) is 3.07. The molecular weight excluding hydrogens is 315 g/mol. The van der Waals surface area contributed by atoms with Crippen molar-refractivity contribution in [2.24, 2.45) is 0 Å². The minimum atomic E-state index is -0.279. The third-order valence-corrected chi connectivity index (χ3v) is 5.44. The van der Waals surface area contributed by atoms with Crippen molar-refractivity contribution in [1.82, 2.24) is 4.57 Å². The summed E-state index contributed by atoms with van der Waals surface area (Å²) in [7, 11) is 0. The maximum absolute atomic E-state index is 13.3. The summed E-state index contributed by atoms with van der Waals surface area (Å²) in [6.07, 6.45) is 2.55. The first-order valence-electron chi connectivity index (χ1n) is 8.54. The van der Waals surface area contributed by atoms with Crippen LogP contribution in [0, 0.1) is 5.82 Å². The van der Waals surface area contributed by atoms with Crippen LogP contribution in [0.1, 0.15) is 29.5 Å². The zero-order valence-corrected chi connectivity index (χ0v) is 13.5. The van der Waals surface area contributed by atoms with Crippen molar-refractivity contribution in [2.75, 3.05) is 5.32 Å². The second-order valence-electron chi connectivity index (χ2n) is 6.80. The minimum Gasteiger partial charge on any atom is -0.379 e. The lowest BCUT2D eigenvalue weighted by Gasteiger charge is -2.24. The van der Waals surface area contributed by atoms with Crippen molar-refractivity contribution < 1.29 is 9.18 Å². The lowest BCUT2D eigenvalue weighted by atomic mass is 9.89. The van der Waals surface area contributed by atoms with Crippen LogP contribution in [0.2, 0.25) is 0 Å². The Morgan fingerprint density at radius 2 is 1.80 bits per heavy atom. The average molecular weight is 332 g/mol. The van der Waals surface area contributed by atoms with Crippen LogP contribution in [0.4, 0.5) is 10.1 Å². The maximum atomic E-state index is 13.3. The topological polar surface area (TPSA) is 34.0 Å². The fourth-order valence-corrected chi connectivity index (χ4v) is 4.34. The molecule has 1 aliphatic carbocycles. The van der Waals surface area contributed by atoms with Gasteiger partial charge in [-0.3, -0.25) is 4.79 Å². The van der Waals surface area contributed by atoms with Crippen LogP contribution in [-0.2, 0) is 4.79 Å². The Bertz CT molecular complexity index is 960. The summed E-state index contributed by atoms with van der Waals surface area (Å²) in [6, 6.07) is 18.6. The number of nitrogens with zero attached hydrogens (tertiary/aromatic N) is 1. The molecule has 25 heavy (non-hydrogen) atoms. The number of hydrogen-bond donors (Lipinski definition) is 1. The quantitative estimate of drug-likeness (QED) is 0.723. The molecule has 1 aromatic heterocycles. The summed E-state index contributed by atoms with van der Waals surface area (Å²) in [4.78, 5) is 12.8. The van der Waals surface area contributed by atoms with Crippen LogP contribution in [0.25, 0.3) is 5.69 Å². The molecule has 2 heterocycles. The van der Waals surface area contributed by atoms with Gasteiger partial charge in [0.25, 0.3) is 0 Å². The number of anilines is 1. The van der Waals surface area contributed by atoms with Crippen LogP contribution in [0.15, 0.2) is 66.9 Å². The third kappa shape index (κ3) is 2.14. The van der Waals surface area contributed by atoms with Gasteiger partial charge in [0.05, 0.1) is 17.3 Å². The molecule has 1 saturated carbocycles. The van der Waals surface area contributed by atoms with E-state index in [1.54, 1.807) is 12.1 Å². The summed E-state index contributed by atoms with van der Waals surface area (Å²) in [5.74, 6) is -0.231. The second-order valence-corrected chi connectivity index (χ2v) is 6.80. The second kappa shape index (κ2) is 5.31. The normalized spacial score (nSPS) is 24.0. The summed E-state index contributed by atoms with van der Waals surface area (Å²) < 4.78 is 15.5. The molecule has 1 aliphatic heterocycles. The molecule has 3 unspecified atom stereocenters. The number of aromatic nitrogens is 1. The molecule has 3 aromatic rings. The number of para-hydroxylation sites is 2. The van der Waals surface area contributed by atoms with Crippen LogP contribution < -0.4 is 5.32 Å². The highest BCUT2D eigenvalue weighted by Crippen LogP contribution is 2.46. The van der Waals surface area contributed by atoms with Gasteiger partial charge >= 0.3 is 0 Å². The number of halogens is 1. The largest absolute Gasteiger partial charge is 0.379 e. The lowest BCUT2D eigenvalue weighted by molar-refractivity contribution is -0.118. The number of carbonyl (C=O) groups is 1. The van der Waals surface area contributed by atoms with Gasteiger partial charge in [-0.2, -0.15) is 0 Å². The zero-order chi connectivity index (χ0) is 17.0. The lowest BCUT2D eigenvalue weighted by Crippen LogP contribution is -2.29. The van der Waals surface area contributed by atoms with Gasteiger partial charge in [-0.15, -0.1) is 0 Å². The van der Waals surface area contributed by atoms with E-state index in [1.807, 2.05) is 30.5 Å². The number of carbonyl (C=O) groups excluding carboxylic acids is 1. The Balaban J connectivity index is 1.66. The SMILES string of the molecule is O=C1CC2c3cccn3-c3ccccc3NC2C1c1ccc(F)cc1. The van der Waals surface area contributed by atoms with Gasteiger partial charge in [-0.1, -0.05) is 24.3 Å². The van der Waals surface area contributed by atoms with Gasteiger partial charge in [-0.05, 0) is 42.0 Å². The van der Waals surface area contributed by atoms with Crippen LogP contribution in [-0.4, -0.2) is 16.4 Å². The predicted octanol–water partition coefficient (Wildman–Crippen LogP) is 4.25. The Morgan fingerprint density at radius 1 is 1.00 bits per heavy atom. The van der Waals surface area contributed by atoms with E-state index in [1.165, 1.54) is 12.1 Å². The van der Waals surface area contributed by atoms with Crippen molar-refractivity contribution in [2.45, 2.75) is 24.3 Å². The zero-order valence-electron chi connectivity index (χ0n) is 13.5. The van der Waals surface area contributed by atoms with Gasteiger partial charge in [-0.25, -0.2) is 4.39 Å². The standard InChI is InChI=1S/C21H17FN2O/c22-14-9-7-13(8-10-14)20-19(25)12-15-17-6-3-11-24(17)18-5-2-1-4-16(18)23-21(15)20/h1-11,15,20-21,23H,12H2. The van der Waals surface area contributed by atoms with E-state index >= 15 is 0 Å². The number of rotatable bonds is 1. The number of fused-ring (bicyclic) bond motifs is 5. The van der Waals surface area contributed by atoms with Crippen LogP contribution in [0.5, 0.6) is 0 Å². The molecule has 2 aliphatic rings. The minimum absolute atomic E-state index is 0.0322. The maximum Gasteiger partial charge on any atom is 0.143 e. The molecule has 0 bridgehead atoms. The van der Waals surface area contributed by atoms with Crippen molar-refractivity contribution in [3.05, 3.63) is 83.9 Å². The smallest absolute Gasteiger partial charge is 0.143 e. The molecule has 1 N–H and O–H groups in total. The van der Waals surface area contributed by atoms with Crippen molar-refractivity contribution in [3.63, 3.8) is 0 Å². The van der Waals surface area contributed by atoms with E-state index in [2.05, 4.69) is 22.0 Å². The summed E-state index contributed by atoms with van der Waals surface area (Å²) in [5.41, 5.74) is 4.15. The summed E-state index contributed by atoms with van der Waals surface area (Å²) >= 11 is 0. The van der Waals surface area contributed by atoms with Gasteiger partial charge < -0.3 is 9.88 Å². The van der Waals surface area contributed by atoms with E-state index in [0.29, 0.717) is 6.42 Å². The van der Waals surface area contributed by atoms with E-state index in [0.717, 1.165) is 22.6 Å². The van der Waals surface area contributed by atoms with Gasteiger partial charge in [0, 0.05) is 30.3 Å². The highest BCUT2D eigenvalue weighted by molar-refractivity contribution is 5.91. The van der Waals surface area contributed by atoms with Crippen molar-refractivity contribution in [3.8, 4) is 5.69 Å². The molecular formula is C21H17FN2O. The van der Waals surface area contributed by atoms with Gasteiger partial charge in [0.1, 0.15) is 11.6 Å². The monoisotopic (exact) mass is 332 g/mol. The number of benzene rings is 2. The highest BCUT2D eigenvalue weighted by Gasteiger charge is 2.46. The van der Waals surface area contributed by atoms with E-state index in [-0.39, 0.29) is 29.5 Å². The molecule has 3 atom stereocenters. The summed E-state index contributed by atoms with van der Waals surface area (Å²) in [6.45, 7) is 0. The van der Waals surface area contributed by atoms with Crippen LogP contribution in [0.3, 0.4) is 0 Å². The first kappa shape index (κ1) is 14.5. The number of nitrogens with one attached hydrogen (secondary N) is 1. The molecule has 0 radical (unpaired) electrons. The fourth-order valence-electron chi connectivity index (χ4n) is 4.34. The van der Waals surface area contributed by atoms with Crippen molar-refractivity contribution in [1.29, 1.82) is 0 Å². The Morgan fingerprint density at radius 3 is 2.64 bits per heavy atom. The first-order valence-corrected chi connectivity index (χ1v) is 8.54. The predicted molar refractivity (Wildman–Crippen MR) is 94.7 cm³/mol. The van der Waals surface area contributed by atoms with E-state index < -0.39 is 0 Å². The van der Waals surface area contributed by atoms with Gasteiger partial charge in [0.2, 0.25) is 0 Å². The summed E-state index contributed by atoms with van der Waals surface area (Å²) in [5, 5.41) is 3.61. The molecule has 3 nitrogen and oxygen atoms in total. The highest BCUT2D eigenvalue weighted by atomic mass is 19.1. The molecule has 0 saturated heterocycles. The number of hydrogen-bond acceptors (Lipinski definition) is 2. The molecule has 1 fully saturated rings. The average Bonchev–Trinajstić information content (AvgIpc) is 3.19. The Hall–Kier alpha value is -2.88. The van der Waals surface area contributed by atoms with Crippen LogP contribution >= 0.6 is 0 Å². The Labute approximate surface area is 145 Å². The molecule has 4 heteroatoms.